The molecule has 2 N–H and O–H groups in total. The lowest BCUT2D eigenvalue weighted by Crippen LogP contribution is -2.24. The fourth-order valence-electron chi connectivity index (χ4n) is 1.83. The molecule has 0 aromatic heterocycles. The highest BCUT2D eigenvalue weighted by atomic mass is 32.2. The quantitative estimate of drug-likeness (QED) is 0.859. The van der Waals surface area contributed by atoms with Crippen molar-refractivity contribution in [2.75, 3.05) is 11.9 Å². The van der Waals surface area contributed by atoms with E-state index >= 15 is 0 Å². The van der Waals surface area contributed by atoms with Crippen molar-refractivity contribution in [2.45, 2.75) is 18.2 Å². The number of amides is 1. The third-order valence-corrected chi connectivity index (χ3v) is 4.48. The third-order valence-electron chi connectivity index (χ3n) is 3.00. The average Bonchev–Trinajstić information content (AvgIpc) is 2.54. The highest BCUT2D eigenvalue weighted by Crippen LogP contribution is 2.13. The van der Waals surface area contributed by atoms with Gasteiger partial charge in [-0.25, -0.2) is 13.1 Å². The minimum Gasteiger partial charge on any atom is -0.322 e. The largest absolute Gasteiger partial charge is 0.322 e. The number of sulfonamides is 1. The van der Waals surface area contributed by atoms with Gasteiger partial charge < -0.3 is 5.32 Å². The second kappa shape index (κ2) is 7.20. The number of carbonyl (C=O) groups excluding carboxylic acids is 1. The van der Waals surface area contributed by atoms with Gasteiger partial charge in [0.25, 0.3) is 5.91 Å². The van der Waals surface area contributed by atoms with Crippen molar-refractivity contribution in [1.29, 1.82) is 0 Å². The van der Waals surface area contributed by atoms with Gasteiger partial charge >= 0.3 is 0 Å². The van der Waals surface area contributed by atoms with Crippen molar-refractivity contribution in [3.63, 3.8) is 0 Å². The normalized spacial score (nSPS) is 11.1. The highest BCUT2D eigenvalue weighted by molar-refractivity contribution is 7.89. The van der Waals surface area contributed by atoms with Gasteiger partial charge in [-0.3, -0.25) is 4.79 Å². The van der Waals surface area contributed by atoms with Crippen molar-refractivity contribution in [3.8, 4) is 0 Å². The molecular weight excluding hydrogens is 300 g/mol. The first-order valence-electron chi connectivity index (χ1n) is 6.99. The van der Waals surface area contributed by atoms with Gasteiger partial charge in [0.05, 0.1) is 4.90 Å². The molecule has 22 heavy (non-hydrogen) atoms. The zero-order chi connectivity index (χ0) is 16.0. The lowest BCUT2D eigenvalue weighted by Gasteiger charge is -2.07. The number of hydrogen-bond acceptors (Lipinski definition) is 3. The SMILES string of the molecule is CCCNS(=O)(=O)c1ccc(C(=O)Nc2ccccc2)cc1. The molecular formula is C16H18N2O3S. The zero-order valence-corrected chi connectivity index (χ0v) is 13.1. The Balaban J connectivity index is 2.10. The van der Waals surface area contributed by atoms with Crippen molar-refractivity contribution in [1.82, 2.24) is 4.72 Å². The average molecular weight is 318 g/mol. The fourth-order valence-corrected chi connectivity index (χ4v) is 2.96. The Morgan fingerprint density at radius 2 is 1.64 bits per heavy atom. The highest BCUT2D eigenvalue weighted by Gasteiger charge is 2.14. The van der Waals surface area contributed by atoms with Crippen LogP contribution >= 0.6 is 0 Å². The first-order valence-corrected chi connectivity index (χ1v) is 8.47. The monoisotopic (exact) mass is 318 g/mol. The van der Waals surface area contributed by atoms with Crippen LogP contribution in [0.3, 0.4) is 0 Å². The summed E-state index contributed by atoms with van der Waals surface area (Å²) >= 11 is 0. The summed E-state index contributed by atoms with van der Waals surface area (Å²) in [5.74, 6) is -0.281. The number of hydrogen-bond donors (Lipinski definition) is 2. The Morgan fingerprint density at radius 3 is 2.23 bits per heavy atom. The molecule has 5 nitrogen and oxygen atoms in total. The molecule has 0 saturated heterocycles. The maximum Gasteiger partial charge on any atom is 0.255 e. The second-order valence-electron chi connectivity index (χ2n) is 4.74. The number of carbonyl (C=O) groups is 1. The molecule has 0 aliphatic rings. The summed E-state index contributed by atoms with van der Waals surface area (Å²) in [6, 6.07) is 14.9. The molecule has 0 unspecified atom stereocenters. The van der Waals surface area contributed by atoms with E-state index in [0.29, 0.717) is 17.8 Å². The van der Waals surface area contributed by atoms with E-state index in [1.165, 1.54) is 24.3 Å². The van der Waals surface area contributed by atoms with E-state index in [2.05, 4.69) is 10.0 Å². The standard InChI is InChI=1S/C16H18N2O3S/c1-2-12-17-22(20,21)15-10-8-13(9-11-15)16(19)18-14-6-4-3-5-7-14/h3-11,17H,2,12H2,1H3,(H,18,19). The van der Waals surface area contributed by atoms with Gasteiger partial charge in [0.2, 0.25) is 10.0 Å². The van der Waals surface area contributed by atoms with E-state index in [4.69, 9.17) is 0 Å². The van der Waals surface area contributed by atoms with Crippen molar-refractivity contribution in [2.24, 2.45) is 0 Å². The van der Waals surface area contributed by atoms with E-state index in [-0.39, 0.29) is 10.8 Å². The topological polar surface area (TPSA) is 75.3 Å². The van der Waals surface area contributed by atoms with Crippen LogP contribution in [0.2, 0.25) is 0 Å². The first kappa shape index (κ1) is 16.2. The van der Waals surface area contributed by atoms with Crippen molar-refractivity contribution in [3.05, 3.63) is 60.2 Å². The molecule has 0 fully saturated rings. The summed E-state index contributed by atoms with van der Waals surface area (Å²) in [6.45, 7) is 2.28. The molecule has 2 aromatic rings. The second-order valence-corrected chi connectivity index (χ2v) is 6.51. The predicted molar refractivity (Wildman–Crippen MR) is 86.3 cm³/mol. The maximum atomic E-state index is 12.1. The van der Waals surface area contributed by atoms with Gasteiger partial charge in [0, 0.05) is 17.8 Å². The Morgan fingerprint density at radius 1 is 1.00 bits per heavy atom. The molecule has 0 heterocycles. The lowest BCUT2D eigenvalue weighted by atomic mass is 10.2. The summed E-state index contributed by atoms with van der Waals surface area (Å²) in [4.78, 5) is 12.2. The summed E-state index contributed by atoms with van der Waals surface area (Å²) in [5.41, 5.74) is 1.09. The van der Waals surface area contributed by atoms with Crippen LogP contribution in [-0.2, 0) is 10.0 Å². The van der Waals surface area contributed by atoms with Crippen LogP contribution in [0.5, 0.6) is 0 Å². The third kappa shape index (κ3) is 4.16. The Kier molecular flexibility index (Phi) is 5.30. The van der Waals surface area contributed by atoms with Gasteiger partial charge in [-0.15, -0.1) is 0 Å². The van der Waals surface area contributed by atoms with E-state index < -0.39 is 10.0 Å². The van der Waals surface area contributed by atoms with Crippen LogP contribution in [0, 0.1) is 0 Å². The number of nitrogens with one attached hydrogen (secondary N) is 2. The van der Waals surface area contributed by atoms with Crippen molar-refractivity contribution >= 4 is 21.6 Å². The molecule has 0 aliphatic carbocycles. The lowest BCUT2D eigenvalue weighted by molar-refractivity contribution is 0.102. The van der Waals surface area contributed by atoms with E-state index in [0.717, 1.165) is 6.42 Å². The Hall–Kier alpha value is -2.18. The number of para-hydroxylation sites is 1. The number of benzene rings is 2. The predicted octanol–water partition coefficient (Wildman–Crippen LogP) is 2.63. The molecule has 0 aliphatic heterocycles. The molecule has 2 rings (SSSR count). The van der Waals surface area contributed by atoms with Gasteiger partial charge in [-0.05, 0) is 42.8 Å². The Bertz CT molecular complexity index is 726. The molecule has 2 aromatic carbocycles. The minimum absolute atomic E-state index is 0.150. The molecule has 0 radical (unpaired) electrons. The summed E-state index contributed by atoms with van der Waals surface area (Å²) in [7, 11) is -3.51. The molecule has 6 heteroatoms. The fraction of sp³-hybridized carbons (Fsp3) is 0.188. The first-order chi connectivity index (χ1) is 10.5. The smallest absolute Gasteiger partial charge is 0.255 e. The van der Waals surface area contributed by atoms with Crippen LogP contribution in [0.25, 0.3) is 0 Å². The molecule has 116 valence electrons. The molecule has 0 atom stereocenters. The number of anilines is 1. The van der Waals surface area contributed by atoms with E-state index in [1.807, 2.05) is 25.1 Å². The van der Waals surface area contributed by atoms with Crippen LogP contribution in [0.1, 0.15) is 23.7 Å². The van der Waals surface area contributed by atoms with Gasteiger partial charge in [0.15, 0.2) is 0 Å². The maximum absolute atomic E-state index is 12.1. The summed E-state index contributed by atoms with van der Waals surface area (Å²) in [5, 5.41) is 2.75. The van der Waals surface area contributed by atoms with E-state index in [1.54, 1.807) is 12.1 Å². The van der Waals surface area contributed by atoms with Gasteiger partial charge in [-0.2, -0.15) is 0 Å². The van der Waals surface area contributed by atoms with Crippen LogP contribution in [0.15, 0.2) is 59.5 Å². The van der Waals surface area contributed by atoms with Crippen LogP contribution < -0.4 is 10.0 Å². The van der Waals surface area contributed by atoms with Crippen molar-refractivity contribution < 1.29 is 13.2 Å². The Labute approximate surface area is 130 Å². The van der Waals surface area contributed by atoms with Crippen LogP contribution in [-0.4, -0.2) is 20.9 Å². The minimum atomic E-state index is -3.51. The van der Waals surface area contributed by atoms with E-state index in [9.17, 15) is 13.2 Å². The molecule has 1 amide bonds. The van der Waals surface area contributed by atoms with Crippen LogP contribution in [0.4, 0.5) is 5.69 Å². The zero-order valence-electron chi connectivity index (χ0n) is 12.2. The van der Waals surface area contributed by atoms with Gasteiger partial charge in [-0.1, -0.05) is 25.1 Å². The summed E-state index contributed by atoms with van der Waals surface area (Å²) in [6.07, 6.45) is 0.719. The van der Waals surface area contributed by atoms with Gasteiger partial charge in [0.1, 0.15) is 0 Å². The molecule has 0 spiro atoms. The number of rotatable bonds is 6. The molecule has 0 bridgehead atoms. The summed E-state index contributed by atoms with van der Waals surface area (Å²) < 4.78 is 26.4. The molecule has 0 saturated carbocycles.